The molecule has 1 saturated carbocycles. The van der Waals surface area contributed by atoms with Crippen LogP contribution in [0.25, 0.3) is 0 Å². The molecule has 1 aromatic rings. The Morgan fingerprint density at radius 3 is 3.07 bits per heavy atom. The van der Waals surface area contributed by atoms with E-state index in [0.717, 1.165) is 32.2 Å². The van der Waals surface area contributed by atoms with Crippen LogP contribution in [0, 0.1) is 0 Å². The molecule has 1 aliphatic rings. The van der Waals surface area contributed by atoms with E-state index in [2.05, 4.69) is 25.1 Å². The number of aliphatic hydroxyl groups excluding tert-OH is 1. The zero-order valence-corrected chi connectivity index (χ0v) is 9.61. The number of aliphatic hydroxyl groups is 1. The summed E-state index contributed by atoms with van der Waals surface area (Å²) in [6, 6.07) is 0. The third kappa shape index (κ3) is 2.07. The quantitative estimate of drug-likeness (QED) is 0.826. The largest absolute Gasteiger partial charge is 0.393 e. The summed E-state index contributed by atoms with van der Waals surface area (Å²) in [6.45, 7) is 5.37. The van der Waals surface area contributed by atoms with E-state index in [1.54, 1.807) is 0 Å². The Morgan fingerprint density at radius 2 is 2.47 bits per heavy atom. The molecule has 15 heavy (non-hydrogen) atoms. The summed E-state index contributed by atoms with van der Waals surface area (Å²) in [4.78, 5) is 0. The molecule has 0 radical (unpaired) electrons. The Kier molecular flexibility index (Phi) is 2.83. The predicted octanol–water partition coefficient (Wildman–Crippen LogP) is 2.10. The first-order chi connectivity index (χ1) is 7.14. The minimum absolute atomic E-state index is 0.121. The first kappa shape index (κ1) is 10.7. The van der Waals surface area contributed by atoms with Crippen LogP contribution in [0.5, 0.6) is 0 Å². The zero-order valence-electron chi connectivity index (χ0n) is 9.61. The predicted molar refractivity (Wildman–Crippen MR) is 59.7 cm³/mol. The summed E-state index contributed by atoms with van der Waals surface area (Å²) in [7, 11) is 0. The molecule has 2 unspecified atom stereocenters. The molecule has 1 N–H and O–H groups in total. The number of nitrogens with zero attached hydrogens (tertiary/aromatic N) is 2. The van der Waals surface area contributed by atoms with Crippen LogP contribution in [0.1, 0.15) is 45.1 Å². The van der Waals surface area contributed by atoms with Crippen molar-refractivity contribution in [1.29, 1.82) is 0 Å². The molecule has 2 rings (SSSR count). The highest BCUT2D eigenvalue weighted by Gasteiger charge is 2.36. The number of aromatic nitrogens is 2. The fourth-order valence-corrected chi connectivity index (χ4v) is 2.50. The van der Waals surface area contributed by atoms with E-state index in [0.29, 0.717) is 0 Å². The Hall–Kier alpha value is -0.830. The van der Waals surface area contributed by atoms with E-state index in [9.17, 15) is 5.11 Å². The Labute approximate surface area is 91.1 Å². The fourth-order valence-electron chi connectivity index (χ4n) is 2.50. The second-order valence-electron chi connectivity index (χ2n) is 4.95. The molecule has 0 spiro atoms. The molecule has 0 aromatic carbocycles. The van der Waals surface area contributed by atoms with Crippen LogP contribution in [0.15, 0.2) is 12.4 Å². The van der Waals surface area contributed by atoms with Crippen molar-refractivity contribution < 1.29 is 5.11 Å². The van der Waals surface area contributed by atoms with Crippen LogP contribution in [0.4, 0.5) is 0 Å². The average Bonchev–Trinajstić information content (AvgIpc) is 2.75. The van der Waals surface area contributed by atoms with Crippen LogP contribution in [0.2, 0.25) is 0 Å². The number of hydrogen-bond donors (Lipinski definition) is 1. The standard InChI is InChI=1S/C12H20N2O/c1-3-6-14-9-10(8-13-14)12(2)5-4-11(15)7-12/h8-9,11,15H,3-7H2,1-2H3. The molecular weight excluding hydrogens is 188 g/mol. The highest BCUT2D eigenvalue weighted by Crippen LogP contribution is 2.40. The number of hydrogen-bond acceptors (Lipinski definition) is 2. The van der Waals surface area contributed by atoms with E-state index < -0.39 is 0 Å². The third-order valence-electron chi connectivity index (χ3n) is 3.50. The first-order valence-electron chi connectivity index (χ1n) is 5.85. The van der Waals surface area contributed by atoms with Crippen molar-refractivity contribution in [3.8, 4) is 0 Å². The lowest BCUT2D eigenvalue weighted by Gasteiger charge is -2.21. The Morgan fingerprint density at radius 1 is 1.67 bits per heavy atom. The van der Waals surface area contributed by atoms with Crippen LogP contribution in [-0.4, -0.2) is 21.0 Å². The maximum absolute atomic E-state index is 9.61. The molecule has 2 atom stereocenters. The molecule has 1 aromatic heterocycles. The van der Waals surface area contributed by atoms with Gasteiger partial charge in [-0.2, -0.15) is 5.10 Å². The highest BCUT2D eigenvalue weighted by atomic mass is 16.3. The summed E-state index contributed by atoms with van der Waals surface area (Å²) >= 11 is 0. The minimum atomic E-state index is -0.121. The van der Waals surface area contributed by atoms with Gasteiger partial charge < -0.3 is 5.11 Å². The normalized spacial score (nSPS) is 31.0. The Bertz CT molecular complexity index is 334. The van der Waals surface area contributed by atoms with Gasteiger partial charge in [-0.1, -0.05) is 13.8 Å². The second-order valence-corrected chi connectivity index (χ2v) is 4.95. The molecular formula is C12H20N2O. The SMILES string of the molecule is CCCn1cc(C2(C)CCC(O)C2)cn1. The van der Waals surface area contributed by atoms with Gasteiger partial charge in [0.05, 0.1) is 12.3 Å². The third-order valence-corrected chi connectivity index (χ3v) is 3.50. The summed E-state index contributed by atoms with van der Waals surface area (Å²) in [5.74, 6) is 0. The van der Waals surface area contributed by atoms with Crippen molar-refractivity contribution in [3.63, 3.8) is 0 Å². The maximum Gasteiger partial charge on any atom is 0.0549 e. The van der Waals surface area contributed by atoms with Crippen molar-refractivity contribution >= 4 is 0 Å². The van der Waals surface area contributed by atoms with Gasteiger partial charge in [0.1, 0.15) is 0 Å². The van der Waals surface area contributed by atoms with Crippen molar-refractivity contribution in [2.24, 2.45) is 0 Å². The van der Waals surface area contributed by atoms with Crippen molar-refractivity contribution in [1.82, 2.24) is 9.78 Å². The maximum atomic E-state index is 9.61. The van der Waals surface area contributed by atoms with Crippen LogP contribution < -0.4 is 0 Å². The molecule has 0 bridgehead atoms. The smallest absolute Gasteiger partial charge is 0.0549 e. The van der Waals surface area contributed by atoms with Gasteiger partial charge in [0.15, 0.2) is 0 Å². The molecule has 1 heterocycles. The average molecular weight is 208 g/mol. The lowest BCUT2D eigenvalue weighted by atomic mass is 9.83. The summed E-state index contributed by atoms with van der Waals surface area (Å²) in [6.07, 6.45) is 7.98. The van der Waals surface area contributed by atoms with Crippen molar-refractivity contribution in [2.45, 2.75) is 57.6 Å². The van der Waals surface area contributed by atoms with Gasteiger partial charge in [-0.25, -0.2) is 0 Å². The van der Waals surface area contributed by atoms with Gasteiger partial charge in [-0.05, 0) is 36.7 Å². The lowest BCUT2D eigenvalue weighted by molar-refractivity contribution is 0.175. The number of rotatable bonds is 3. The van der Waals surface area contributed by atoms with E-state index in [1.807, 2.05) is 10.9 Å². The van der Waals surface area contributed by atoms with Gasteiger partial charge in [0.25, 0.3) is 0 Å². The summed E-state index contributed by atoms with van der Waals surface area (Å²) in [5, 5.41) is 14.0. The summed E-state index contributed by atoms with van der Waals surface area (Å²) < 4.78 is 2.01. The number of aryl methyl sites for hydroxylation is 1. The van der Waals surface area contributed by atoms with Crippen molar-refractivity contribution in [2.75, 3.05) is 0 Å². The molecule has 0 aliphatic heterocycles. The zero-order chi connectivity index (χ0) is 10.9. The molecule has 84 valence electrons. The fraction of sp³-hybridized carbons (Fsp3) is 0.750. The topological polar surface area (TPSA) is 38.0 Å². The highest BCUT2D eigenvalue weighted by molar-refractivity contribution is 5.20. The first-order valence-corrected chi connectivity index (χ1v) is 5.85. The molecule has 0 saturated heterocycles. The summed E-state index contributed by atoms with van der Waals surface area (Å²) in [5.41, 5.74) is 1.43. The van der Waals surface area contributed by atoms with E-state index >= 15 is 0 Å². The second kappa shape index (κ2) is 3.97. The molecule has 3 heteroatoms. The lowest BCUT2D eigenvalue weighted by Crippen LogP contribution is -2.18. The molecule has 1 fully saturated rings. The van der Waals surface area contributed by atoms with Crippen LogP contribution in [-0.2, 0) is 12.0 Å². The van der Waals surface area contributed by atoms with Gasteiger partial charge in [0, 0.05) is 12.7 Å². The molecule has 1 aliphatic carbocycles. The van der Waals surface area contributed by atoms with Gasteiger partial charge in [-0.3, -0.25) is 4.68 Å². The van der Waals surface area contributed by atoms with E-state index in [-0.39, 0.29) is 11.5 Å². The van der Waals surface area contributed by atoms with Crippen LogP contribution >= 0.6 is 0 Å². The monoisotopic (exact) mass is 208 g/mol. The van der Waals surface area contributed by atoms with Gasteiger partial charge >= 0.3 is 0 Å². The van der Waals surface area contributed by atoms with Gasteiger partial charge in [-0.15, -0.1) is 0 Å². The van der Waals surface area contributed by atoms with Gasteiger partial charge in [0.2, 0.25) is 0 Å². The minimum Gasteiger partial charge on any atom is -0.393 e. The van der Waals surface area contributed by atoms with Crippen molar-refractivity contribution in [3.05, 3.63) is 18.0 Å². The van der Waals surface area contributed by atoms with Crippen LogP contribution in [0.3, 0.4) is 0 Å². The van der Waals surface area contributed by atoms with E-state index in [1.165, 1.54) is 5.56 Å². The Balaban J connectivity index is 2.14. The molecule has 3 nitrogen and oxygen atoms in total. The van der Waals surface area contributed by atoms with E-state index in [4.69, 9.17) is 0 Å². The molecule has 0 amide bonds.